The van der Waals surface area contributed by atoms with Crippen molar-refractivity contribution in [1.29, 1.82) is 0 Å². The normalized spacial score (nSPS) is 3.41. The molecule has 9 heteroatoms. The van der Waals surface area contributed by atoms with Gasteiger partial charge in [-0.25, -0.2) is 0 Å². The zero-order valence-corrected chi connectivity index (χ0v) is 21.3. The van der Waals surface area contributed by atoms with Gasteiger partial charge in [0.1, 0.15) is 0 Å². The van der Waals surface area contributed by atoms with E-state index in [1.807, 2.05) is 0 Å². The Hall–Kier alpha value is 2.31. The summed E-state index contributed by atoms with van der Waals surface area (Å²) < 4.78 is 0. The van der Waals surface area contributed by atoms with Crippen LogP contribution in [0.4, 0.5) is 0 Å². The molecule has 0 aromatic carbocycles. The van der Waals surface area contributed by atoms with E-state index in [9.17, 15) is 0 Å². The minimum Gasteiger partial charge on any atom is -1.00 e. The van der Waals surface area contributed by atoms with Crippen LogP contribution in [0.25, 0.3) is 0 Å². The van der Waals surface area contributed by atoms with Crippen LogP contribution in [0.2, 0.25) is 0 Å². The van der Waals surface area contributed by atoms with E-state index in [0.717, 1.165) is 0 Å². The number of halogens is 4. The predicted octanol–water partition coefficient (Wildman–Crippen LogP) is -11.0. The number of allylic oxidation sites excluding steroid dienone is 3. The van der Waals surface area contributed by atoms with Gasteiger partial charge in [0.25, 0.3) is 0 Å². The molecule has 0 aliphatic rings. The fourth-order valence-corrected chi connectivity index (χ4v) is 0. The second kappa shape index (κ2) is 217. The molecule has 0 spiro atoms. The van der Waals surface area contributed by atoms with Crippen LogP contribution in [-0.4, -0.2) is 53.6 Å². The summed E-state index contributed by atoms with van der Waals surface area (Å²) in [5, 5.41) is 17.9. The molecular weight excluding hydrogens is 429 g/mol. The fourth-order valence-electron chi connectivity index (χ4n) is 0. The average Bonchev–Trinajstić information content (AvgIpc) is 2.09. The molecule has 0 N–H and O–H groups in total. The van der Waals surface area contributed by atoms with Crippen LogP contribution in [-0.2, 0) is 21.7 Å². The third-order valence-electron chi connectivity index (χ3n) is 0. The van der Waals surface area contributed by atoms with Crippen molar-refractivity contribution in [3.8, 4) is 0 Å². The van der Waals surface area contributed by atoms with Crippen molar-refractivity contribution in [3.05, 3.63) is 38.0 Å². The Labute approximate surface area is 205 Å². The molecule has 0 bridgehead atoms. The van der Waals surface area contributed by atoms with Crippen LogP contribution in [0.5, 0.6) is 0 Å². The topological polar surface area (TPSA) is 46.1 Å². The van der Waals surface area contributed by atoms with E-state index in [1.54, 1.807) is 34.6 Å². The standard InChI is InChI=1S/3C3H5.2C2H5O.Al.4ClH.Mg.Ti/c3*1-3-2;2*1-2-3;;;;;;;/h3*1H2,2H3;2*2H2,1H3;;4*1H;;/q5*-1;+3;;;;;+2;+4/p-4. The van der Waals surface area contributed by atoms with Crippen LogP contribution >= 0.6 is 0 Å². The molecule has 0 unspecified atom stereocenters. The van der Waals surface area contributed by atoms with Gasteiger partial charge in [-0.2, -0.15) is 20.8 Å². The number of hydrogen-bond acceptors (Lipinski definition) is 2. The van der Waals surface area contributed by atoms with E-state index in [2.05, 4.69) is 38.0 Å². The van der Waals surface area contributed by atoms with Gasteiger partial charge < -0.3 is 78.1 Å². The SMILES string of the molecule is C=[C-]C.C=[C-]C.C=[C-]C.CC[O-].CC[O-].[Al+3].[Cl-].[Cl-].[Cl-].[Cl-].[Mg+2].[Ti+4]. The van der Waals surface area contributed by atoms with Crippen LogP contribution in [0, 0.1) is 18.2 Å². The summed E-state index contributed by atoms with van der Waals surface area (Å²) in [5.41, 5.74) is 0. The fraction of sp³-hybridized carbons (Fsp3) is 0.538. The third-order valence-corrected chi connectivity index (χ3v) is 0. The van der Waals surface area contributed by atoms with Crippen molar-refractivity contribution in [2.45, 2.75) is 34.6 Å². The smallest absolute Gasteiger partial charge is 1.00 e. The minimum absolute atomic E-state index is 0. The number of rotatable bonds is 0. The Balaban J connectivity index is -0.00000000526. The van der Waals surface area contributed by atoms with E-state index in [4.69, 9.17) is 10.2 Å². The van der Waals surface area contributed by atoms with Gasteiger partial charge >= 0.3 is 62.1 Å². The summed E-state index contributed by atoms with van der Waals surface area (Å²) in [6.07, 6.45) is 7.50. The first-order valence-corrected chi connectivity index (χ1v) is 4.55. The zero-order valence-electron chi connectivity index (χ0n) is 14.1. The molecule has 0 heterocycles. The molecule has 2 nitrogen and oxygen atoms in total. The molecule has 0 fully saturated rings. The Morgan fingerprint density at radius 3 is 0.682 bits per heavy atom. The van der Waals surface area contributed by atoms with Gasteiger partial charge in [0, 0.05) is 0 Å². The Morgan fingerprint density at radius 2 is 0.682 bits per heavy atom. The van der Waals surface area contributed by atoms with Crippen molar-refractivity contribution in [2.75, 3.05) is 13.2 Å². The quantitative estimate of drug-likeness (QED) is 0.270. The van der Waals surface area contributed by atoms with E-state index in [-0.39, 0.29) is 125 Å². The maximum absolute atomic E-state index is 8.93. The van der Waals surface area contributed by atoms with Gasteiger partial charge in [-0.3, -0.25) is 19.7 Å². The summed E-state index contributed by atoms with van der Waals surface area (Å²) in [7, 11) is 0. The average molecular weight is 454 g/mol. The van der Waals surface area contributed by atoms with E-state index in [0.29, 0.717) is 0 Å². The van der Waals surface area contributed by atoms with Gasteiger partial charge in [-0.05, 0) is 0 Å². The van der Waals surface area contributed by atoms with Crippen LogP contribution in [0.3, 0.4) is 0 Å². The molecule has 0 aromatic heterocycles. The summed E-state index contributed by atoms with van der Waals surface area (Å²) in [6.45, 7) is 18.1. The van der Waals surface area contributed by atoms with Gasteiger partial charge in [0.15, 0.2) is 0 Å². The first kappa shape index (κ1) is 87.2. The van der Waals surface area contributed by atoms with Gasteiger partial charge in [-0.1, -0.05) is 13.8 Å². The molecular formula is C13H25AlCl4MgO2Ti. The van der Waals surface area contributed by atoms with Crippen LogP contribution in [0.1, 0.15) is 34.6 Å². The Kier molecular flexibility index (Phi) is 860. The van der Waals surface area contributed by atoms with E-state index < -0.39 is 0 Å². The zero-order chi connectivity index (χ0) is 13.5. The molecule has 0 radical (unpaired) electrons. The summed E-state index contributed by atoms with van der Waals surface area (Å²) in [4.78, 5) is 0. The Morgan fingerprint density at radius 1 is 0.682 bits per heavy atom. The monoisotopic (exact) mass is 452 g/mol. The summed E-state index contributed by atoms with van der Waals surface area (Å²) in [5.74, 6) is 0. The maximum Gasteiger partial charge on any atom is 4.00 e. The summed E-state index contributed by atoms with van der Waals surface area (Å²) in [6, 6.07) is 0. The Bertz CT molecular complexity index is 93.8. The molecule has 0 aromatic rings. The molecule has 0 amide bonds. The molecule has 0 saturated heterocycles. The van der Waals surface area contributed by atoms with Crippen molar-refractivity contribution < 1.29 is 81.6 Å². The van der Waals surface area contributed by atoms with Crippen LogP contribution < -0.4 is 59.8 Å². The molecule has 0 aliphatic heterocycles. The van der Waals surface area contributed by atoms with E-state index >= 15 is 0 Å². The second-order valence-corrected chi connectivity index (χ2v) is 1.64. The third kappa shape index (κ3) is 1890. The second-order valence-electron chi connectivity index (χ2n) is 1.64. The maximum atomic E-state index is 8.93. The summed E-state index contributed by atoms with van der Waals surface area (Å²) >= 11 is 0. The largest absolute Gasteiger partial charge is 4.00 e. The predicted molar refractivity (Wildman–Crippen MR) is 76.2 cm³/mol. The molecule has 22 heavy (non-hydrogen) atoms. The van der Waals surface area contributed by atoms with E-state index in [1.165, 1.54) is 0 Å². The number of hydrogen-bond donors (Lipinski definition) is 0. The van der Waals surface area contributed by atoms with Gasteiger partial charge in [-0.15, -0.1) is 13.2 Å². The van der Waals surface area contributed by atoms with Crippen molar-refractivity contribution >= 4 is 40.4 Å². The van der Waals surface area contributed by atoms with Crippen molar-refractivity contribution in [2.24, 2.45) is 0 Å². The minimum atomic E-state index is 0. The first-order valence-electron chi connectivity index (χ1n) is 4.55. The van der Waals surface area contributed by atoms with Crippen molar-refractivity contribution in [1.82, 2.24) is 0 Å². The molecule has 0 aliphatic carbocycles. The molecule has 0 rings (SSSR count). The molecule has 0 atom stereocenters. The molecule has 0 saturated carbocycles. The van der Waals surface area contributed by atoms with Gasteiger partial charge in [0.2, 0.25) is 0 Å². The first-order chi connectivity index (χ1) is 7.07. The van der Waals surface area contributed by atoms with Gasteiger partial charge in [0.05, 0.1) is 0 Å². The van der Waals surface area contributed by atoms with Crippen LogP contribution in [0.15, 0.2) is 19.7 Å². The molecule has 126 valence electrons. The van der Waals surface area contributed by atoms with Crippen molar-refractivity contribution in [3.63, 3.8) is 0 Å².